The molecule has 1 heterocycles. The Balaban J connectivity index is 1.67. The van der Waals surface area contributed by atoms with Crippen molar-refractivity contribution in [2.24, 2.45) is 5.41 Å². The summed E-state index contributed by atoms with van der Waals surface area (Å²) in [5.41, 5.74) is 0.654. The lowest BCUT2D eigenvalue weighted by molar-refractivity contribution is -0.150. The van der Waals surface area contributed by atoms with Crippen LogP contribution in [0.4, 0.5) is 0 Å². The first-order chi connectivity index (χ1) is 7.64. The molecule has 2 saturated carbocycles. The van der Waals surface area contributed by atoms with Gasteiger partial charge >= 0.3 is 5.97 Å². The van der Waals surface area contributed by atoms with E-state index in [2.05, 4.69) is 4.90 Å². The van der Waals surface area contributed by atoms with Crippen molar-refractivity contribution in [2.75, 3.05) is 13.1 Å². The molecule has 0 unspecified atom stereocenters. The zero-order valence-electron chi connectivity index (χ0n) is 9.87. The molecule has 0 aromatic heterocycles. The van der Waals surface area contributed by atoms with E-state index in [9.17, 15) is 4.79 Å². The Labute approximate surface area is 96.8 Å². The number of carboxylic acid groups (broad SMARTS) is 1. The maximum absolute atomic E-state index is 11.0. The normalized spacial score (nSPS) is 31.0. The van der Waals surface area contributed by atoms with E-state index in [0.29, 0.717) is 11.8 Å². The molecular formula is C13H21NO2. The average molecular weight is 223 g/mol. The number of aliphatic carboxylic acids is 1. The first-order valence-electron chi connectivity index (χ1n) is 6.61. The molecular weight excluding hydrogens is 202 g/mol. The Morgan fingerprint density at radius 3 is 2.12 bits per heavy atom. The Morgan fingerprint density at radius 2 is 1.69 bits per heavy atom. The summed E-state index contributed by atoms with van der Waals surface area (Å²) < 4.78 is 0. The van der Waals surface area contributed by atoms with Crippen LogP contribution in [0.2, 0.25) is 0 Å². The Morgan fingerprint density at radius 1 is 1.06 bits per heavy atom. The van der Waals surface area contributed by atoms with Crippen LogP contribution in [0.5, 0.6) is 0 Å². The summed E-state index contributed by atoms with van der Waals surface area (Å²) in [4.78, 5) is 13.5. The van der Waals surface area contributed by atoms with E-state index in [1.165, 1.54) is 45.2 Å². The average Bonchev–Trinajstić information content (AvgIpc) is 2.46. The molecule has 16 heavy (non-hydrogen) atoms. The zero-order chi connectivity index (χ0) is 11.2. The summed E-state index contributed by atoms with van der Waals surface area (Å²) in [6, 6.07) is 0. The van der Waals surface area contributed by atoms with Crippen molar-refractivity contribution in [3.8, 4) is 0 Å². The standard InChI is InChI=1S/C13H21NO2/c15-11(16)8-13(6-1-2-7-13)14-9-12(10-14)4-3-5-12/h1-10H2,(H,15,16). The molecule has 90 valence electrons. The minimum Gasteiger partial charge on any atom is -0.481 e. The Bertz CT molecular complexity index is 295. The summed E-state index contributed by atoms with van der Waals surface area (Å²) in [5, 5.41) is 9.08. The molecule has 1 aliphatic heterocycles. The Kier molecular flexibility index (Phi) is 2.29. The topological polar surface area (TPSA) is 40.5 Å². The predicted octanol–water partition coefficient (Wildman–Crippen LogP) is 2.26. The lowest BCUT2D eigenvalue weighted by Crippen LogP contribution is -2.67. The van der Waals surface area contributed by atoms with Gasteiger partial charge in [-0.05, 0) is 31.1 Å². The molecule has 1 spiro atoms. The molecule has 3 nitrogen and oxygen atoms in total. The van der Waals surface area contributed by atoms with Crippen LogP contribution >= 0.6 is 0 Å². The highest BCUT2D eigenvalue weighted by atomic mass is 16.4. The maximum Gasteiger partial charge on any atom is 0.305 e. The van der Waals surface area contributed by atoms with Gasteiger partial charge in [-0.25, -0.2) is 0 Å². The van der Waals surface area contributed by atoms with Gasteiger partial charge in [-0.15, -0.1) is 0 Å². The number of carboxylic acids is 1. The molecule has 0 radical (unpaired) electrons. The van der Waals surface area contributed by atoms with Gasteiger partial charge in [-0.1, -0.05) is 19.3 Å². The number of carbonyl (C=O) groups is 1. The molecule has 0 aromatic rings. The van der Waals surface area contributed by atoms with Gasteiger partial charge in [0, 0.05) is 18.6 Å². The van der Waals surface area contributed by atoms with Gasteiger partial charge in [-0.2, -0.15) is 0 Å². The van der Waals surface area contributed by atoms with Crippen molar-refractivity contribution in [3.05, 3.63) is 0 Å². The largest absolute Gasteiger partial charge is 0.481 e. The van der Waals surface area contributed by atoms with Gasteiger partial charge < -0.3 is 5.11 Å². The molecule has 1 N–H and O–H groups in total. The van der Waals surface area contributed by atoms with Crippen molar-refractivity contribution in [1.29, 1.82) is 0 Å². The summed E-state index contributed by atoms with van der Waals surface area (Å²) in [6.45, 7) is 2.36. The van der Waals surface area contributed by atoms with Crippen LogP contribution in [0.3, 0.4) is 0 Å². The molecule has 3 fully saturated rings. The molecule has 0 amide bonds. The van der Waals surface area contributed by atoms with Crippen LogP contribution in [-0.2, 0) is 4.79 Å². The quantitative estimate of drug-likeness (QED) is 0.798. The van der Waals surface area contributed by atoms with Crippen LogP contribution in [0.1, 0.15) is 51.4 Å². The summed E-state index contributed by atoms with van der Waals surface area (Å²) >= 11 is 0. The van der Waals surface area contributed by atoms with Gasteiger partial charge in [0.1, 0.15) is 0 Å². The first-order valence-corrected chi connectivity index (χ1v) is 6.61. The minimum absolute atomic E-state index is 0.0344. The first kappa shape index (κ1) is 10.6. The SMILES string of the molecule is O=C(O)CC1(N2CC3(CCC3)C2)CCCC1. The van der Waals surface area contributed by atoms with Crippen LogP contribution in [0, 0.1) is 5.41 Å². The van der Waals surface area contributed by atoms with Gasteiger partial charge in [0.05, 0.1) is 6.42 Å². The van der Waals surface area contributed by atoms with Gasteiger partial charge in [0.15, 0.2) is 0 Å². The van der Waals surface area contributed by atoms with Gasteiger partial charge in [0.2, 0.25) is 0 Å². The zero-order valence-corrected chi connectivity index (χ0v) is 9.87. The molecule has 3 heteroatoms. The van der Waals surface area contributed by atoms with Crippen molar-refractivity contribution in [3.63, 3.8) is 0 Å². The van der Waals surface area contributed by atoms with E-state index in [-0.39, 0.29) is 5.54 Å². The molecule has 0 atom stereocenters. The van der Waals surface area contributed by atoms with Gasteiger partial charge in [-0.3, -0.25) is 9.69 Å². The van der Waals surface area contributed by atoms with E-state index in [1.54, 1.807) is 0 Å². The molecule has 0 aromatic carbocycles. The summed E-state index contributed by atoms with van der Waals surface area (Å²) in [5.74, 6) is -0.614. The molecule has 3 aliphatic rings. The van der Waals surface area contributed by atoms with E-state index in [4.69, 9.17) is 5.11 Å². The number of hydrogen-bond donors (Lipinski definition) is 1. The maximum atomic E-state index is 11.0. The van der Waals surface area contributed by atoms with E-state index in [1.807, 2.05) is 0 Å². The third kappa shape index (κ3) is 1.48. The summed E-state index contributed by atoms with van der Waals surface area (Å²) in [6.07, 6.45) is 9.17. The minimum atomic E-state index is -0.614. The highest BCUT2D eigenvalue weighted by Crippen LogP contribution is 2.53. The van der Waals surface area contributed by atoms with Gasteiger partial charge in [0.25, 0.3) is 0 Å². The fourth-order valence-corrected chi connectivity index (χ4v) is 4.01. The van der Waals surface area contributed by atoms with Crippen LogP contribution in [-0.4, -0.2) is 34.6 Å². The molecule has 1 saturated heterocycles. The van der Waals surface area contributed by atoms with Crippen LogP contribution < -0.4 is 0 Å². The number of hydrogen-bond acceptors (Lipinski definition) is 2. The monoisotopic (exact) mass is 223 g/mol. The fraction of sp³-hybridized carbons (Fsp3) is 0.923. The second kappa shape index (κ2) is 3.46. The lowest BCUT2D eigenvalue weighted by atomic mass is 9.62. The van der Waals surface area contributed by atoms with Crippen molar-refractivity contribution >= 4 is 5.97 Å². The highest BCUT2D eigenvalue weighted by molar-refractivity contribution is 5.68. The molecule has 2 aliphatic carbocycles. The summed E-state index contributed by atoms with van der Waals surface area (Å²) in [7, 11) is 0. The number of rotatable bonds is 3. The van der Waals surface area contributed by atoms with E-state index < -0.39 is 5.97 Å². The smallest absolute Gasteiger partial charge is 0.305 e. The van der Waals surface area contributed by atoms with Crippen molar-refractivity contribution in [2.45, 2.75) is 56.9 Å². The van der Waals surface area contributed by atoms with Crippen LogP contribution in [0.15, 0.2) is 0 Å². The van der Waals surface area contributed by atoms with Crippen molar-refractivity contribution < 1.29 is 9.90 Å². The van der Waals surface area contributed by atoms with E-state index in [0.717, 1.165) is 12.8 Å². The fourth-order valence-electron chi connectivity index (χ4n) is 4.01. The van der Waals surface area contributed by atoms with Crippen molar-refractivity contribution in [1.82, 2.24) is 4.90 Å². The second-order valence-corrected chi connectivity index (χ2v) is 6.21. The third-order valence-electron chi connectivity index (χ3n) is 5.15. The second-order valence-electron chi connectivity index (χ2n) is 6.21. The molecule has 3 rings (SSSR count). The Hall–Kier alpha value is -0.570. The number of nitrogens with zero attached hydrogens (tertiary/aromatic N) is 1. The highest BCUT2D eigenvalue weighted by Gasteiger charge is 2.54. The number of likely N-dealkylation sites (tertiary alicyclic amines) is 1. The van der Waals surface area contributed by atoms with Crippen LogP contribution in [0.25, 0.3) is 0 Å². The van der Waals surface area contributed by atoms with E-state index >= 15 is 0 Å². The predicted molar refractivity (Wildman–Crippen MR) is 61.3 cm³/mol. The molecule has 0 bridgehead atoms. The lowest BCUT2D eigenvalue weighted by Gasteiger charge is -2.61. The third-order valence-corrected chi connectivity index (χ3v) is 5.15.